The van der Waals surface area contributed by atoms with Crippen molar-refractivity contribution in [3.8, 4) is 0 Å². The zero-order chi connectivity index (χ0) is 11.4. The molecule has 0 amide bonds. The number of aliphatic hydroxyl groups is 1. The van der Waals surface area contributed by atoms with Crippen molar-refractivity contribution >= 4 is 0 Å². The predicted molar refractivity (Wildman–Crippen MR) is 66.6 cm³/mol. The fraction of sp³-hybridized carbons (Fsp3) is 1.00. The van der Waals surface area contributed by atoms with Gasteiger partial charge in [0.1, 0.15) is 0 Å². The topological polar surface area (TPSA) is 35.5 Å². The van der Waals surface area contributed by atoms with Crippen molar-refractivity contribution < 1.29 is 5.11 Å². The van der Waals surface area contributed by atoms with E-state index in [1.54, 1.807) is 0 Å². The maximum Gasteiger partial charge on any atom is 0.0632 e. The van der Waals surface area contributed by atoms with Crippen molar-refractivity contribution in [1.29, 1.82) is 0 Å². The van der Waals surface area contributed by atoms with Crippen LogP contribution in [0.2, 0.25) is 0 Å². The van der Waals surface area contributed by atoms with E-state index in [1.807, 2.05) is 6.92 Å². The van der Waals surface area contributed by atoms with Gasteiger partial charge in [-0.25, -0.2) is 0 Å². The minimum atomic E-state index is -0.422. The number of hydrogen-bond acceptors (Lipinski definition) is 3. The molecular weight excluding hydrogens is 200 g/mol. The van der Waals surface area contributed by atoms with E-state index < -0.39 is 5.60 Å². The third-order valence-corrected chi connectivity index (χ3v) is 4.05. The molecule has 2 unspecified atom stereocenters. The molecule has 94 valence electrons. The third kappa shape index (κ3) is 3.72. The number of hydrogen-bond donors (Lipinski definition) is 2. The maximum atomic E-state index is 10.0. The summed E-state index contributed by atoms with van der Waals surface area (Å²) in [5, 5.41) is 13.6. The molecule has 0 bridgehead atoms. The second-order valence-electron chi connectivity index (χ2n) is 5.80. The monoisotopic (exact) mass is 226 g/mol. The molecule has 0 aromatic heterocycles. The van der Waals surface area contributed by atoms with Crippen molar-refractivity contribution in [2.45, 2.75) is 57.1 Å². The van der Waals surface area contributed by atoms with Crippen molar-refractivity contribution in [3.05, 3.63) is 0 Å². The average Bonchev–Trinajstić information content (AvgIpc) is 2.42. The second-order valence-corrected chi connectivity index (χ2v) is 5.80. The van der Waals surface area contributed by atoms with Crippen molar-refractivity contribution in [3.63, 3.8) is 0 Å². The van der Waals surface area contributed by atoms with E-state index in [4.69, 9.17) is 0 Å². The fourth-order valence-corrected chi connectivity index (χ4v) is 2.89. The Bertz CT molecular complexity index is 212. The summed E-state index contributed by atoms with van der Waals surface area (Å²) < 4.78 is 0. The van der Waals surface area contributed by atoms with Gasteiger partial charge in [-0.2, -0.15) is 0 Å². The molecule has 2 heterocycles. The van der Waals surface area contributed by atoms with Gasteiger partial charge in [-0.1, -0.05) is 6.42 Å². The van der Waals surface area contributed by atoms with Crippen LogP contribution in [0, 0.1) is 0 Å². The van der Waals surface area contributed by atoms with E-state index >= 15 is 0 Å². The lowest BCUT2D eigenvalue weighted by Gasteiger charge is -2.30. The second kappa shape index (κ2) is 5.48. The first-order valence-electron chi connectivity index (χ1n) is 6.84. The molecule has 0 aromatic carbocycles. The van der Waals surface area contributed by atoms with E-state index in [2.05, 4.69) is 10.2 Å². The predicted octanol–water partition coefficient (Wildman–Crippen LogP) is 1.37. The van der Waals surface area contributed by atoms with Gasteiger partial charge in [0.25, 0.3) is 0 Å². The highest BCUT2D eigenvalue weighted by atomic mass is 16.3. The van der Waals surface area contributed by atoms with E-state index in [1.165, 1.54) is 32.4 Å². The maximum absolute atomic E-state index is 10.0. The van der Waals surface area contributed by atoms with Gasteiger partial charge in [-0.15, -0.1) is 0 Å². The lowest BCUT2D eigenvalue weighted by Crippen LogP contribution is -2.44. The molecule has 3 nitrogen and oxygen atoms in total. The van der Waals surface area contributed by atoms with Crippen LogP contribution in [0.3, 0.4) is 0 Å². The Hall–Kier alpha value is -0.120. The van der Waals surface area contributed by atoms with E-state index in [-0.39, 0.29) is 0 Å². The van der Waals surface area contributed by atoms with Gasteiger partial charge in [0.2, 0.25) is 0 Å². The molecule has 2 N–H and O–H groups in total. The highest BCUT2D eigenvalue weighted by molar-refractivity contribution is 4.82. The molecular formula is C13H26N2O. The van der Waals surface area contributed by atoms with E-state index in [0.717, 1.165) is 32.4 Å². The van der Waals surface area contributed by atoms with E-state index in [0.29, 0.717) is 6.04 Å². The quantitative estimate of drug-likeness (QED) is 0.746. The van der Waals surface area contributed by atoms with Gasteiger partial charge in [0.05, 0.1) is 5.60 Å². The van der Waals surface area contributed by atoms with Crippen molar-refractivity contribution in [1.82, 2.24) is 10.2 Å². The summed E-state index contributed by atoms with van der Waals surface area (Å²) in [6.07, 6.45) is 7.07. The number of nitrogens with one attached hydrogen (secondary N) is 1. The highest BCUT2D eigenvalue weighted by Crippen LogP contribution is 2.21. The van der Waals surface area contributed by atoms with Crippen LogP contribution < -0.4 is 5.32 Å². The molecule has 0 aromatic rings. The number of nitrogens with zero attached hydrogens (tertiary/aromatic N) is 1. The van der Waals surface area contributed by atoms with Gasteiger partial charge in [0.15, 0.2) is 0 Å². The van der Waals surface area contributed by atoms with Gasteiger partial charge in [0, 0.05) is 19.1 Å². The Labute approximate surface area is 99.2 Å². The van der Waals surface area contributed by atoms with Gasteiger partial charge in [-0.05, 0) is 52.1 Å². The molecule has 2 saturated heterocycles. The van der Waals surface area contributed by atoms with Crippen LogP contribution in [0.15, 0.2) is 0 Å². The summed E-state index contributed by atoms with van der Waals surface area (Å²) in [6, 6.07) is 0.691. The molecule has 0 spiro atoms. The first-order valence-corrected chi connectivity index (χ1v) is 6.84. The van der Waals surface area contributed by atoms with Gasteiger partial charge >= 0.3 is 0 Å². The van der Waals surface area contributed by atoms with Crippen LogP contribution in [0.1, 0.15) is 45.4 Å². The molecule has 0 radical (unpaired) electrons. The molecule has 3 heteroatoms. The van der Waals surface area contributed by atoms with Crippen LogP contribution in [0.5, 0.6) is 0 Å². The SMILES string of the molecule is CC1(O)CCCN(CC2CCCCN2)CC1. The minimum Gasteiger partial charge on any atom is -0.390 e. The van der Waals surface area contributed by atoms with Crippen LogP contribution in [-0.2, 0) is 0 Å². The van der Waals surface area contributed by atoms with Crippen LogP contribution in [0.25, 0.3) is 0 Å². The van der Waals surface area contributed by atoms with Crippen LogP contribution >= 0.6 is 0 Å². The normalized spacial score (nSPS) is 38.2. The Balaban J connectivity index is 1.76. The molecule has 2 fully saturated rings. The number of likely N-dealkylation sites (tertiary alicyclic amines) is 1. The Morgan fingerprint density at radius 3 is 2.88 bits per heavy atom. The molecule has 2 rings (SSSR count). The molecule has 2 aliphatic rings. The summed E-state index contributed by atoms with van der Waals surface area (Å²) in [5.41, 5.74) is -0.422. The summed E-state index contributed by atoms with van der Waals surface area (Å²) in [4.78, 5) is 2.53. The molecule has 2 atom stereocenters. The highest BCUT2D eigenvalue weighted by Gasteiger charge is 2.26. The molecule has 16 heavy (non-hydrogen) atoms. The van der Waals surface area contributed by atoms with Crippen LogP contribution in [-0.4, -0.2) is 47.8 Å². The minimum absolute atomic E-state index is 0.422. The lowest BCUT2D eigenvalue weighted by atomic mass is 9.98. The van der Waals surface area contributed by atoms with Crippen molar-refractivity contribution in [2.24, 2.45) is 0 Å². The largest absolute Gasteiger partial charge is 0.390 e. The molecule has 2 aliphatic heterocycles. The smallest absolute Gasteiger partial charge is 0.0632 e. The molecule has 0 saturated carbocycles. The first kappa shape index (κ1) is 12.3. The zero-order valence-electron chi connectivity index (χ0n) is 10.5. The standard InChI is InChI=1S/C13H26N2O/c1-13(16)6-4-9-15(10-7-13)11-12-5-2-3-8-14-12/h12,14,16H,2-11H2,1H3. The fourth-order valence-electron chi connectivity index (χ4n) is 2.89. The average molecular weight is 226 g/mol. The van der Waals surface area contributed by atoms with E-state index in [9.17, 15) is 5.11 Å². The number of rotatable bonds is 2. The zero-order valence-corrected chi connectivity index (χ0v) is 10.5. The molecule has 0 aliphatic carbocycles. The summed E-state index contributed by atoms with van der Waals surface area (Å²) in [5.74, 6) is 0. The first-order chi connectivity index (χ1) is 7.66. The van der Waals surface area contributed by atoms with Gasteiger partial charge < -0.3 is 15.3 Å². The Morgan fingerprint density at radius 2 is 2.12 bits per heavy atom. The summed E-state index contributed by atoms with van der Waals surface area (Å²) >= 11 is 0. The van der Waals surface area contributed by atoms with Crippen molar-refractivity contribution in [2.75, 3.05) is 26.2 Å². The lowest BCUT2D eigenvalue weighted by molar-refractivity contribution is 0.0442. The van der Waals surface area contributed by atoms with Crippen LogP contribution in [0.4, 0.5) is 0 Å². The number of piperidine rings is 1. The van der Waals surface area contributed by atoms with Gasteiger partial charge in [-0.3, -0.25) is 0 Å². The Kier molecular flexibility index (Phi) is 4.22. The Morgan fingerprint density at radius 1 is 1.25 bits per heavy atom. The third-order valence-electron chi connectivity index (χ3n) is 4.05. The summed E-state index contributed by atoms with van der Waals surface area (Å²) in [6.45, 7) is 6.57. The summed E-state index contributed by atoms with van der Waals surface area (Å²) in [7, 11) is 0.